The van der Waals surface area contributed by atoms with E-state index < -0.39 is 0 Å². The summed E-state index contributed by atoms with van der Waals surface area (Å²) in [7, 11) is 0. The van der Waals surface area contributed by atoms with Crippen molar-refractivity contribution in [2.45, 2.75) is 45.2 Å². The highest BCUT2D eigenvalue weighted by Crippen LogP contribution is 2.32. The number of hydrogen-bond acceptors (Lipinski definition) is 2. The predicted octanol–water partition coefficient (Wildman–Crippen LogP) is 3.01. The van der Waals surface area contributed by atoms with E-state index in [1.165, 1.54) is 12.8 Å². The van der Waals surface area contributed by atoms with Gasteiger partial charge >= 0.3 is 0 Å². The molecule has 2 rings (SSSR count). The summed E-state index contributed by atoms with van der Waals surface area (Å²) in [5, 5.41) is 0. The van der Waals surface area contributed by atoms with E-state index in [1.807, 2.05) is 12.1 Å². The molecule has 2 N–H and O–H groups in total. The fourth-order valence-corrected chi connectivity index (χ4v) is 2.70. The van der Waals surface area contributed by atoms with Crippen molar-refractivity contribution in [2.24, 2.45) is 5.73 Å². The summed E-state index contributed by atoms with van der Waals surface area (Å²) < 4.78 is 13.6. The maximum atomic E-state index is 13.6. The van der Waals surface area contributed by atoms with Gasteiger partial charge in [-0.1, -0.05) is 12.1 Å². The number of nitrogens with two attached hydrogens (primary N) is 1. The third kappa shape index (κ3) is 2.43. The lowest BCUT2D eigenvalue weighted by Crippen LogP contribution is -2.49. The molecule has 100 valence electrons. The van der Waals surface area contributed by atoms with Gasteiger partial charge in [0.2, 0.25) is 0 Å². The average Bonchev–Trinajstić information content (AvgIpc) is 2.86. The van der Waals surface area contributed by atoms with E-state index in [9.17, 15) is 4.39 Å². The third-order valence-corrected chi connectivity index (χ3v) is 4.24. The van der Waals surface area contributed by atoms with Crippen LogP contribution in [-0.4, -0.2) is 23.5 Å². The van der Waals surface area contributed by atoms with Crippen LogP contribution in [0.15, 0.2) is 18.2 Å². The largest absolute Gasteiger partial charge is 0.322 e. The zero-order valence-electron chi connectivity index (χ0n) is 11.5. The van der Waals surface area contributed by atoms with Crippen LogP contribution in [-0.2, 0) is 0 Å². The van der Waals surface area contributed by atoms with Gasteiger partial charge in [0, 0.05) is 11.6 Å². The Hall–Kier alpha value is -0.930. The number of nitrogens with zero attached hydrogens (tertiary/aromatic N) is 1. The van der Waals surface area contributed by atoms with Crippen molar-refractivity contribution >= 4 is 0 Å². The Kier molecular flexibility index (Phi) is 3.74. The van der Waals surface area contributed by atoms with Crippen LogP contribution in [0.2, 0.25) is 0 Å². The van der Waals surface area contributed by atoms with Gasteiger partial charge in [0.15, 0.2) is 0 Å². The molecule has 1 aliphatic rings. The minimum Gasteiger partial charge on any atom is -0.322 e. The molecule has 1 fully saturated rings. The Morgan fingerprint density at radius 3 is 2.44 bits per heavy atom. The van der Waals surface area contributed by atoms with Gasteiger partial charge in [0.1, 0.15) is 5.82 Å². The van der Waals surface area contributed by atoms with Gasteiger partial charge in [-0.05, 0) is 63.9 Å². The number of benzene rings is 1. The Labute approximate surface area is 109 Å². The first-order valence-corrected chi connectivity index (χ1v) is 6.69. The van der Waals surface area contributed by atoms with Gasteiger partial charge in [0.25, 0.3) is 0 Å². The van der Waals surface area contributed by atoms with Crippen LogP contribution in [0.4, 0.5) is 4.39 Å². The maximum Gasteiger partial charge on any atom is 0.126 e. The standard InChI is InChI=1S/C15H23FN2/c1-11-6-7-12(10-13(11)16)14(17)15(2,3)18-8-4-5-9-18/h6-7,10,14H,4-5,8-9,17H2,1-3H3. The van der Waals surface area contributed by atoms with Crippen molar-refractivity contribution < 1.29 is 4.39 Å². The molecule has 1 aliphatic heterocycles. The Morgan fingerprint density at radius 1 is 1.28 bits per heavy atom. The summed E-state index contributed by atoms with van der Waals surface area (Å²) in [5.74, 6) is -0.167. The molecule has 0 aliphatic carbocycles. The van der Waals surface area contributed by atoms with Crippen LogP contribution < -0.4 is 5.73 Å². The summed E-state index contributed by atoms with van der Waals surface area (Å²) >= 11 is 0. The topological polar surface area (TPSA) is 29.3 Å². The van der Waals surface area contributed by atoms with Crippen molar-refractivity contribution in [3.63, 3.8) is 0 Å². The van der Waals surface area contributed by atoms with Crippen molar-refractivity contribution in [3.8, 4) is 0 Å². The molecule has 0 saturated carbocycles. The number of likely N-dealkylation sites (tertiary alicyclic amines) is 1. The lowest BCUT2D eigenvalue weighted by Gasteiger charge is -2.40. The summed E-state index contributed by atoms with van der Waals surface area (Å²) in [6.07, 6.45) is 2.47. The van der Waals surface area contributed by atoms with E-state index in [0.717, 1.165) is 18.7 Å². The van der Waals surface area contributed by atoms with E-state index in [-0.39, 0.29) is 17.4 Å². The summed E-state index contributed by atoms with van der Waals surface area (Å²) in [6.45, 7) is 8.27. The molecule has 3 heteroatoms. The Balaban J connectivity index is 2.23. The fraction of sp³-hybridized carbons (Fsp3) is 0.600. The molecular formula is C15H23FN2. The number of halogens is 1. The number of hydrogen-bond donors (Lipinski definition) is 1. The van der Waals surface area contributed by atoms with Crippen LogP contribution in [0.25, 0.3) is 0 Å². The zero-order chi connectivity index (χ0) is 13.3. The minimum absolute atomic E-state index is 0.127. The molecule has 0 radical (unpaired) electrons. The lowest BCUT2D eigenvalue weighted by molar-refractivity contribution is 0.124. The highest BCUT2D eigenvalue weighted by molar-refractivity contribution is 5.27. The van der Waals surface area contributed by atoms with Crippen LogP contribution >= 0.6 is 0 Å². The number of aryl methyl sites for hydroxylation is 1. The second-order valence-electron chi connectivity index (χ2n) is 5.83. The average molecular weight is 250 g/mol. The van der Waals surface area contributed by atoms with E-state index in [4.69, 9.17) is 5.73 Å². The fourth-order valence-electron chi connectivity index (χ4n) is 2.70. The normalized spacial score (nSPS) is 19.2. The molecule has 1 saturated heterocycles. The molecule has 1 unspecified atom stereocenters. The molecule has 1 aromatic rings. The van der Waals surface area contributed by atoms with Gasteiger partial charge in [-0.2, -0.15) is 0 Å². The van der Waals surface area contributed by atoms with Crippen LogP contribution in [0.3, 0.4) is 0 Å². The van der Waals surface area contributed by atoms with Gasteiger partial charge in [-0.25, -0.2) is 4.39 Å². The lowest BCUT2D eigenvalue weighted by atomic mass is 9.87. The molecule has 1 heterocycles. The molecule has 18 heavy (non-hydrogen) atoms. The zero-order valence-corrected chi connectivity index (χ0v) is 11.5. The Bertz CT molecular complexity index is 423. The van der Waals surface area contributed by atoms with Gasteiger partial charge in [-0.15, -0.1) is 0 Å². The predicted molar refractivity (Wildman–Crippen MR) is 73.0 cm³/mol. The van der Waals surface area contributed by atoms with Crippen molar-refractivity contribution in [3.05, 3.63) is 35.1 Å². The minimum atomic E-state index is -0.167. The highest BCUT2D eigenvalue weighted by atomic mass is 19.1. The molecule has 0 spiro atoms. The van der Waals surface area contributed by atoms with Crippen molar-refractivity contribution in [1.82, 2.24) is 4.90 Å². The highest BCUT2D eigenvalue weighted by Gasteiger charge is 2.35. The molecule has 2 nitrogen and oxygen atoms in total. The van der Waals surface area contributed by atoms with Crippen molar-refractivity contribution in [2.75, 3.05) is 13.1 Å². The summed E-state index contributed by atoms with van der Waals surface area (Å²) in [6, 6.07) is 5.18. The van der Waals surface area contributed by atoms with Gasteiger partial charge < -0.3 is 5.73 Å². The second-order valence-corrected chi connectivity index (χ2v) is 5.83. The van der Waals surface area contributed by atoms with Gasteiger partial charge in [-0.3, -0.25) is 4.90 Å². The van der Waals surface area contributed by atoms with E-state index in [0.29, 0.717) is 5.56 Å². The quantitative estimate of drug-likeness (QED) is 0.893. The van der Waals surface area contributed by atoms with E-state index in [1.54, 1.807) is 13.0 Å². The first-order chi connectivity index (χ1) is 8.43. The van der Waals surface area contributed by atoms with E-state index >= 15 is 0 Å². The summed E-state index contributed by atoms with van der Waals surface area (Å²) in [4.78, 5) is 2.41. The monoisotopic (exact) mass is 250 g/mol. The molecule has 0 aromatic heterocycles. The van der Waals surface area contributed by atoms with Crippen LogP contribution in [0, 0.1) is 12.7 Å². The number of rotatable bonds is 3. The van der Waals surface area contributed by atoms with Crippen molar-refractivity contribution in [1.29, 1.82) is 0 Å². The molecule has 1 aromatic carbocycles. The van der Waals surface area contributed by atoms with Crippen LogP contribution in [0.5, 0.6) is 0 Å². The molecule has 0 amide bonds. The van der Waals surface area contributed by atoms with Gasteiger partial charge in [0.05, 0.1) is 0 Å². The smallest absolute Gasteiger partial charge is 0.126 e. The maximum absolute atomic E-state index is 13.6. The first-order valence-electron chi connectivity index (χ1n) is 6.69. The molecular weight excluding hydrogens is 227 g/mol. The first kappa shape index (κ1) is 13.5. The molecule has 1 atom stereocenters. The SMILES string of the molecule is Cc1ccc(C(N)C(C)(C)N2CCCC2)cc1F. The second kappa shape index (κ2) is 4.98. The van der Waals surface area contributed by atoms with E-state index in [2.05, 4.69) is 18.7 Å². The summed E-state index contributed by atoms with van der Waals surface area (Å²) in [5.41, 5.74) is 7.79. The Morgan fingerprint density at radius 2 is 1.89 bits per heavy atom. The van der Waals surface area contributed by atoms with Crippen LogP contribution in [0.1, 0.15) is 43.9 Å². The third-order valence-electron chi connectivity index (χ3n) is 4.24. The molecule has 0 bridgehead atoms.